The molecule has 2 aromatic rings. The number of ketones is 2. The molecule has 5 aliphatic carbocycles. The molecule has 8 nitrogen and oxygen atoms in total. The predicted octanol–water partition coefficient (Wildman–Crippen LogP) is 9.12. The number of aromatic nitrogens is 2. The number of hydrogen-bond acceptors (Lipinski definition) is 7. The van der Waals surface area contributed by atoms with Gasteiger partial charge in [-0.15, -0.1) is 0 Å². The lowest BCUT2D eigenvalue weighted by atomic mass is 9.33. The molecule has 5 aliphatic rings. The highest BCUT2D eigenvalue weighted by Crippen LogP contribution is 2.75. The van der Waals surface area contributed by atoms with Crippen LogP contribution in [-0.4, -0.2) is 39.7 Å². The Kier molecular flexibility index (Phi) is 9.95. The number of nitrogens with zero attached hydrogens (tertiary/aromatic N) is 2. The lowest BCUT2D eigenvalue weighted by molar-refractivity contribution is -0.194. The van der Waals surface area contributed by atoms with E-state index in [1.54, 1.807) is 12.5 Å². The maximum atomic E-state index is 14.9. The van der Waals surface area contributed by atoms with E-state index in [0.717, 1.165) is 56.9 Å². The summed E-state index contributed by atoms with van der Waals surface area (Å²) in [4.78, 5) is 59.1. The number of carbonyl (C=O) groups is 4. The van der Waals surface area contributed by atoms with Gasteiger partial charge in [0, 0.05) is 30.7 Å². The van der Waals surface area contributed by atoms with Gasteiger partial charge in [0.2, 0.25) is 0 Å². The molecule has 9 atom stereocenters. The zero-order valence-electron chi connectivity index (χ0n) is 33.7. The van der Waals surface area contributed by atoms with Gasteiger partial charge in [-0.25, -0.2) is 4.98 Å². The number of rotatable bonds is 10. The van der Waals surface area contributed by atoms with Crippen molar-refractivity contribution in [2.24, 2.45) is 56.2 Å². The molecule has 54 heavy (non-hydrogen) atoms. The Balaban J connectivity index is 1.08. The highest BCUT2D eigenvalue weighted by Gasteiger charge is 2.70. The van der Waals surface area contributed by atoms with Crippen molar-refractivity contribution in [3.8, 4) is 0 Å². The van der Waals surface area contributed by atoms with Crippen LogP contribution < -0.4 is 0 Å². The van der Waals surface area contributed by atoms with E-state index in [-0.39, 0.29) is 100 Å². The molecule has 0 unspecified atom stereocenters. The molecule has 8 heteroatoms. The van der Waals surface area contributed by atoms with E-state index in [1.807, 2.05) is 41.1 Å². The summed E-state index contributed by atoms with van der Waals surface area (Å²) in [6.07, 6.45) is 15.6. The molecule has 0 spiro atoms. The molecule has 0 N–H and O–H groups in total. The van der Waals surface area contributed by atoms with Gasteiger partial charge in [0.15, 0.2) is 5.78 Å². The molecule has 0 aliphatic heterocycles. The van der Waals surface area contributed by atoms with Gasteiger partial charge in [0.05, 0.1) is 24.7 Å². The van der Waals surface area contributed by atoms with Crippen LogP contribution in [0.4, 0.5) is 0 Å². The van der Waals surface area contributed by atoms with E-state index >= 15 is 0 Å². The highest BCUT2D eigenvalue weighted by atomic mass is 16.5. The van der Waals surface area contributed by atoms with Gasteiger partial charge in [-0.2, -0.15) is 0 Å². The van der Waals surface area contributed by atoms with Crippen LogP contribution in [0.1, 0.15) is 125 Å². The fourth-order valence-corrected chi connectivity index (χ4v) is 13.0. The minimum Gasteiger partial charge on any atom is -0.464 e. The minimum absolute atomic E-state index is 0.0437. The lowest BCUT2D eigenvalue weighted by Crippen LogP contribution is -2.66. The average Bonchev–Trinajstić information content (AvgIpc) is 3.65. The van der Waals surface area contributed by atoms with E-state index < -0.39 is 5.41 Å². The first-order chi connectivity index (χ1) is 25.5. The summed E-state index contributed by atoms with van der Waals surface area (Å²) in [7, 11) is 0. The fourth-order valence-electron chi connectivity index (χ4n) is 13.0. The van der Waals surface area contributed by atoms with E-state index in [0.29, 0.717) is 13.0 Å². The molecule has 4 saturated carbocycles. The average molecular weight is 739 g/mol. The molecule has 0 radical (unpaired) electrons. The number of ether oxygens (including phenoxy) is 2. The van der Waals surface area contributed by atoms with Crippen LogP contribution in [0, 0.1) is 56.2 Å². The van der Waals surface area contributed by atoms with Crippen molar-refractivity contribution in [2.75, 3.05) is 6.61 Å². The number of imidazole rings is 1. The Morgan fingerprint density at radius 2 is 1.61 bits per heavy atom. The zero-order chi connectivity index (χ0) is 38.7. The predicted molar refractivity (Wildman–Crippen MR) is 207 cm³/mol. The van der Waals surface area contributed by atoms with Crippen LogP contribution in [0.5, 0.6) is 0 Å². The molecule has 0 amide bonds. The fraction of sp³-hybridized carbons (Fsp3) is 0.674. The van der Waals surface area contributed by atoms with Gasteiger partial charge in [0.25, 0.3) is 0 Å². The normalized spacial score (nSPS) is 38.1. The van der Waals surface area contributed by atoms with Crippen LogP contribution in [0.2, 0.25) is 0 Å². The zero-order valence-corrected chi connectivity index (χ0v) is 33.7. The van der Waals surface area contributed by atoms with E-state index in [4.69, 9.17) is 9.47 Å². The maximum Gasteiger partial charge on any atom is 0.312 e. The number of benzene rings is 1. The second-order valence-electron chi connectivity index (χ2n) is 19.7. The number of hydrogen-bond donors (Lipinski definition) is 0. The molecule has 4 fully saturated rings. The highest BCUT2D eigenvalue weighted by molar-refractivity contribution is 5.96. The molecule has 1 heterocycles. The Bertz CT molecular complexity index is 1800. The van der Waals surface area contributed by atoms with Gasteiger partial charge in [-0.3, -0.25) is 19.2 Å². The summed E-state index contributed by atoms with van der Waals surface area (Å²) in [5, 5.41) is 0. The lowest BCUT2D eigenvalue weighted by Gasteiger charge is -2.70. The van der Waals surface area contributed by atoms with Gasteiger partial charge in [-0.05, 0) is 115 Å². The first kappa shape index (κ1) is 38.7. The van der Waals surface area contributed by atoms with Crippen LogP contribution >= 0.6 is 0 Å². The third-order valence-electron chi connectivity index (χ3n) is 16.4. The van der Waals surface area contributed by atoms with Crippen LogP contribution in [-0.2, 0) is 41.8 Å². The first-order valence-electron chi connectivity index (χ1n) is 20.6. The van der Waals surface area contributed by atoms with Crippen LogP contribution in [0.3, 0.4) is 0 Å². The Morgan fingerprint density at radius 3 is 2.33 bits per heavy atom. The van der Waals surface area contributed by atoms with Crippen molar-refractivity contribution < 1.29 is 28.7 Å². The minimum atomic E-state index is -0.603. The molecule has 1 aromatic carbocycles. The van der Waals surface area contributed by atoms with Crippen molar-refractivity contribution >= 4 is 23.5 Å². The molecule has 7 rings (SSSR count). The number of carbonyl (C=O) groups excluding carboxylic acids is 4. The van der Waals surface area contributed by atoms with Crippen molar-refractivity contribution in [3.63, 3.8) is 0 Å². The van der Waals surface area contributed by atoms with Crippen LogP contribution in [0.15, 0.2) is 60.7 Å². The van der Waals surface area contributed by atoms with E-state index in [9.17, 15) is 19.2 Å². The van der Waals surface area contributed by atoms with Crippen molar-refractivity contribution in [3.05, 3.63) is 66.3 Å². The smallest absolute Gasteiger partial charge is 0.312 e. The number of Topliss-reactive ketones (excluding diaryl/α,β-unsaturated/α-hetero) is 1. The Labute approximate surface area is 322 Å². The second-order valence-corrected chi connectivity index (χ2v) is 19.7. The third kappa shape index (κ3) is 6.31. The van der Waals surface area contributed by atoms with Crippen LogP contribution in [0.25, 0.3) is 0 Å². The van der Waals surface area contributed by atoms with Gasteiger partial charge >= 0.3 is 11.9 Å². The molecule has 0 bridgehead atoms. The summed E-state index contributed by atoms with van der Waals surface area (Å²) >= 11 is 0. The monoisotopic (exact) mass is 738 g/mol. The molecular weight excluding hydrogens is 677 g/mol. The summed E-state index contributed by atoms with van der Waals surface area (Å²) in [5.74, 6) is -0.0128. The van der Waals surface area contributed by atoms with Gasteiger partial charge in [0.1, 0.15) is 19.0 Å². The maximum absolute atomic E-state index is 14.9. The summed E-state index contributed by atoms with van der Waals surface area (Å²) in [6.45, 7) is 17.2. The number of allylic oxidation sites excluding steroid dienone is 2. The van der Waals surface area contributed by atoms with Gasteiger partial charge < -0.3 is 14.0 Å². The topological polar surface area (TPSA) is 105 Å². The molecule has 292 valence electrons. The van der Waals surface area contributed by atoms with E-state index in [2.05, 4.69) is 59.5 Å². The third-order valence-corrected chi connectivity index (χ3v) is 16.4. The van der Waals surface area contributed by atoms with Crippen molar-refractivity contribution in [1.29, 1.82) is 0 Å². The van der Waals surface area contributed by atoms with Crippen molar-refractivity contribution in [1.82, 2.24) is 9.55 Å². The first-order valence-corrected chi connectivity index (χ1v) is 20.6. The van der Waals surface area contributed by atoms with Crippen molar-refractivity contribution in [2.45, 2.75) is 132 Å². The standard InChI is InChI=1S/C46H62N2O6/c1-41(2)32(35(49)13-14-38(51)53-26-25-48-24-23-47-30-48)15-17-44(5)37(41)16-18-46(7)39(44)36(50)27-33-34-28-43(4,20-19-42(34,3)21-22-45(33,46)6)40(52)54-29-31-11-9-8-10-12-31/h8-12,23-24,27,30,32,34,37,39H,13-22,25-26,28-29H2,1-7H3/t32-,34+,37+,39-,42-,43+,44+,45-,46-/m1/s1. The number of fused-ring (bicyclic) bond motifs is 7. The van der Waals surface area contributed by atoms with E-state index in [1.165, 1.54) is 5.57 Å². The van der Waals surface area contributed by atoms with Gasteiger partial charge in [-0.1, -0.05) is 77.4 Å². The summed E-state index contributed by atoms with van der Waals surface area (Å²) < 4.78 is 13.2. The SMILES string of the molecule is CC1(C)[C@@H](C(=O)CCC(=O)OCCn2ccnc2)CC[C@]2(C)[C@H]3C(=O)C=C4[C@@H]5C[C@@](C)(C(=O)OCc6ccccc6)CC[C@]5(C)CC[C@@]4(C)[C@]3(C)CC[C@@H]12. The summed E-state index contributed by atoms with van der Waals surface area (Å²) in [6, 6.07) is 9.88. The molecular formula is C46H62N2O6. The largest absolute Gasteiger partial charge is 0.464 e. The second kappa shape index (κ2) is 13.9. The Hall–Kier alpha value is -3.55. The summed E-state index contributed by atoms with van der Waals surface area (Å²) in [5.41, 5.74) is 0.771. The Morgan fingerprint density at radius 1 is 0.870 bits per heavy atom. The molecule has 0 saturated heterocycles. The quantitative estimate of drug-likeness (QED) is 0.224. The molecule has 1 aromatic heterocycles. The number of esters is 2.